The van der Waals surface area contributed by atoms with Gasteiger partial charge in [0, 0.05) is 6.07 Å². The number of methoxy groups -OCH3 is 1. The molecule has 7 heteroatoms. The van der Waals surface area contributed by atoms with Gasteiger partial charge in [0.2, 0.25) is 0 Å². The number of ether oxygens (including phenoxy) is 2. The molecule has 0 saturated carbocycles. The van der Waals surface area contributed by atoms with Gasteiger partial charge in [-0.2, -0.15) is 0 Å². The highest BCUT2D eigenvalue weighted by molar-refractivity contribution is 9.10. The van der Waals surface area contributed by atoms with E-state index in [1.807, 2.05) is 0 Å². The Morgan fingerprint density at radius 2 is 2.22 bits per heavy atom. The van der Waals surface area contributed by atoms with Crippen LogP contribution < -0.4 is 4.74 Å². The number of carbonyl (C=O) groups is 1. The second kappa shape index (κ2) is 6.01. The molecule has 1 unspecified atom stereocenters. The van der Waals surface area contributed by atoms with Crippen molar-refractivity contribution < 1.29 is 28.9 Å². The molecule has 0 amide bonds. The van der Waals surface area contributed by atoms with Gasteiger partial charge in [0.25, 0.3) is 0 Å². The van der Waals surface area contributed by atoms with E-state index in [1.165, 1.54) is 13.2 Å². The molecule has 0 heterocycles. The normalized spacial score (nSPS) is 12.1. The van der Waals surface area contributed by atoms with Gasteiger partial charge in [-0.3, -0.25) is 0 Å². The van der Waals surface area contributed by atoms with Gasteiger partial charge in [0.15, 0.2) is 17.6 Å². The highest BCUT2D eigenvalue weighted by Gasteiger charge is 2.29. The van der Waals surface area contributed by atoms with E-state index in [4.69, 9.17) is 4.74 Å². The summed E-state index contributed by atoms with van der Waals surface area (Å²) in [7, 11) is 1.26. The summed E-state index contributed by atoms with van der Waals surface area (Å²) in [6.45, 7) is 1.58. The van der Waals surface area contributed by atoms with E-state index in [0.717, 1.165) is 0 Å². The maximum atomic E-state index is 13.8. The van der Waals surface area contributed by atoms with Gasteiger partial charge < -0.3 is 19.7 Å². The lowest BCUT2D eigenvalue weighted by molar-refractivity contribution is -0.153. The second-order valence-corrected chi connectivity index (χ2v) is 4.15. The lowest BCUT2D eigenvalue weighted by atomic mass is 10.1. The van der Waals surface area contributed by atoms with Gasteiger partial charge in [0.1, 0.15) is 5.82 Å². The first-order chi connectivity index (χ1) is 8.43. The Morgan fingerprint density at radius 1 is 1.61 bits per heavy atom. The van der Waals surface area contributed by atoms with Crippen LogP contribution in [0.3, 0.4) is 0 Å². The van der Waals surface area contributed by atoms with Crippen LogP contribution in [0.15, 0.2) is 10.5 Å². The van der Waals surface area contributed by atoms with Crippen molar-refractivity contribution >= 4 is 21.9 Å². The average Bonchev–Trinajstić information content (AvgIpc) is 2.34. The molecular formula is C11H12BrFO5. The van der Waals surface area contributed by atoms with E-state index in [2.05, 4.69) is 20.7 Å². The molecule has 0 aliphatic carbocycles. The van der Waals surface area contributed by atoms with Crippen LogP contribution >= 0.6 is 15.9 Å². The van der Waals surface area contributed by atoms with Gasteiger partial charge in [-0.15, -0.1) is 0 Å². The molecule has 1 rings (SSSR count). The molecule has 0 saturated heterocycles. The number of hydrogen-bond acceptors (Lipinski definition) is 5. The summed E-state index contributed by atoms with van der Waals surface area (Å²) in [6.07, 6.45) is -1.92. The van der Waals surface area contributed by atoms with Crippen LogP contribution in [0.1, 0.15) is 18.6 Å². The molecule has 100 valence electrons. The largest absolute Gasteiger partial charge is 0.504 e. The van der Waals surface area contributed by atoms with Crippen LogP contribution in [0.4, 0.5) is 4.39 Å². The highest BCUT2D eigenvalue weighted by Crippen LogP contribution is 2.39. The molecule has 2 N–H and O–H groups in total. The number of aliphatic hydroxyl groups is 1. The number of esters is 1. The number of aliphatic hydroxyl groups excluding tert-OH is 1. The van der Waals surface area contributed by atoms with E-state index >= 15 is 0 Å². The summed E-state index contributed by atoms with van der Waals surface area (Å²) in [4.78, 5) is 11.4. The molecule has 0 aliphatic rings. The van der Waals surface area contributed by atoms with E-state index in [9.17, 15) is 19.4 Å². The van der Waals surface area contributed by atoms with Gasteiger partial charge in [-0.25, -0.2) is 9.18 Å². The third-order valence-corrected chi connectivity index (χ3v) is 2.77. The Bertz CT molecular complexity index is 463. The summed E-state index contributed by atoms with van der Waals surface area (Å²) in [6, 6.07) is 1.19. The molecule has 18 heavy (non-hydrogen) atoms. The molecule has 1 aromatic rings. The van der Waals surface area contributed by atoms with Crippen LogP contribution in [0.5, 0.6) is 11.5 Å². The quantitative estimate of drug-likeness (QED) is 0.828. The Morgan fingerprint density at radius 3 is 2.72 bits per heavy atom. The Kier molecular flexibility index (Phi) is 4.92. The first kappa shape index (κ1) is 14.7. The van der Waals surface area contributed by atoms with E-state index in [1.54, 1.807) is 6.92 Å². The molecular weight excluding hydrogens is 311 g/mol. The molecule has 5 nitrogen and oxygen atoms in total. The summed E-state index contributed by atoms with van der Waals surface area (Å²) < 4.78 is 23.1. The van der Waals surface area contributed by atoms with Gasteiger partial charge in [0.05, 0.1) is 23.8 Å². The van der Waals surface area contributed by atoms with E-state index in [0.29, 0.717) is 0 Å². The number of halogens is 2. The molecule has 0 fully saturated rings. The number of carbonyl (C=O) groups excluding carboxylic acids is 1. The monoisotopic (exact) mass is 322 g/mol. The molecule has 1 atom stereocenters. The molecule has 0 aliphatic heterocycles. The van der Waals surface area contributed by atoms with E-state index in [-0.39, 0.29) is 16.8 Å². The number of phenols is 1. The summed E-state index contributed by atoms with van der Waals surface area (Å²) in [5.74, 6) is -2.71. The maximum Gasteiger partial charge on any atom is 0.339 e. The van der Waals surface area contributed by atoms with Crippen LogP contribution in [0, 0.1) is 5.82 Å². The Labute approximate surface area is 111 Å². The van der Waals surface area contributed by atoms with Crippen molar-refractivity contribution in [3.8, 4) is 11.5 Å². The fourth-order valence-electron chi connectivity index (χ4n) is 1.36. The predicted molar refractivity (Wildman–Crippen MR) is 63.9 cm³/mol. The number of hydrogen-bond donors (Lipinski definition) is 2. The van der Waals surface area contributed by atoms with Gasteiger partial charge in [-0.05, 0) is 22.9 Å². The maximum absolute atomic E-state index is 13.8. The number of benzene rings is 1. The van der Waals surface area contributed by atoms with Crippen molar-refractivity contribution in [1.29, 1.82) is 0 Å². The SMILES string of the molecule is CCOC(=O)C(O)c1c(O)c(OC)cc(Br)c1F. The third-order valence-electron chi connectivity index (χ3n) is 2.20. The number of rotatable bonds is 4. The van der Waals surface area contributed by atoms with Crippen LogP contribution in [0.25, 0.3) is 0 Å². The first-order valence-electron chi connectivity index (χ1n) is 5.03. The van der Waals surface area contributed by atoms with Gasteiger partial charge >= 0.3 is 5.97 Å². The molecule has 1 aromatic carbocycles. The predicted octanol–water partition coefficient (Wildman–Crippen LogP) is 1.90. The third kappa shape index (κ3) is 2.73. The first-order valence-corrected chi connectivity index (χ1v) is 5.82. The zero-order chi connectivity index (χ0) is 13.9. The fraction of sp³-hybridized carbons (Fsp3) is 0.364. The number of aromatic hydroxyl groups is 1. The zero-order valence-corrected chi connectivity index (χ0v) is 11.3. The number of phenolic OH excluding ortho intramolecular Hbond substituents is 1. The van der Waals surface area contributed by atoms with Crippen molar-refractivity contribution in [3.05, 3.63) is 21.9 Å². The summed E-state index contributed by atoms with van der Waals surface area (Å²) in [5, 5.41) is 19.4. The Hall–Kier alpha value is -1.34. The van der Waals surface area contributed by atoms with Crippen molar-refractivity contribution in [1.82, 2.24) is 0 Å². The minimum atomic E-state index is -1.92. The van der Waals surface area contributed by atoms with Crippen molar-refractivity contribution in [2.24, 2.45) is 0 Å². The van der Waals surface area contributed by atoms with Crippen molar-refractivity contribution in [2.45, 2.75) is 13.0 Å². The van der Waals surface area contributed by atoms with Crippen molar-refractivity contribution in [3.63, 3.8) is 0 Å². The lowest BCUT2D eigenvalue weighted by Crippen LogP contribution is -2.17. The second-order valence-electron chi connectivity index (χ2n) is 3.29. The van der Waals surface area contributed by atoms with Crippen LogP contribution in [-0.2, 0) is 9.53 Å². The standard InChI is InChI=1S/C11H12BrFO5/c1-3-18-11(16)10(15)7-8(13)5(12)4-6(17-2)9(7)14/h4,10,14-15H,3H2,1-2H3. The van der Waals surface area contributed by atoms with Crippen LogP contribution in [0.2, 0.25) is 0 Å². The average molecular weight is 323 g/mol. The molecule has 0 spiro atoms. The zero-order valence-electron chi connectivity index (χ0n) is 9.74. The molecule has 0 aromatic heterocycles. The summed E-state index contributed by atoms with van der Waals surface area (Å²) >= 11 is 2.90. The van der Waals surface area contributed by atoms with Crippen LogP contribution in [-0.4, -0.2) is 29.9 Å². The summed E-state index contributed by atoms with van der Waals surface area (Å²) in [5.41, 5.74) is -0.584. The lowest BCUT2D eigenvalue weighted by Gasteiger charge is -2.15. The minimum absolute atomic E-state index is 0.0312. The topological polar surface area (TPSA) is 76.0 Å². The highest BCUT2D eigenvalue weighted by atomic mass is 79.9. The smallest absolute Gasteiger partial charge is 0.339 e. The minimum Gasteiger partial charge on any atom is -0.504 e. The van der Waals surface area contributed by atoms with Crippen molar-refractivity contribution in [2.75, 3.05) is 13.7 Å². The fourth-order valence-corrected chi connectivity index (χ4v) is 1.78. The molecule has 0 bridgehead atoms. The van der Waals surface area contributed by atoms with Gasteiger partial charge in [-0.1, -0.05) is 0 Å². The van der Waals surface area contributed by atoms with E-state index < -0.39 is 29.2 Å². The molecule has 0 radical (unpaired) electrons. The Balaban J connectivity index is 3.30.